The van der Waals surface area contributed by atoms with Crippen molar-refractivity contribution in [3.63, 3.8) is 0 Å². The molecule has 1 rings (SSSR count). The molecule has 1 atom stereocenters. The zero-order valence-electron chi connectivity index (χ0n) is 10.3. The predicted molar refractivity (Wildman–Crippen MR) is 63.5 cm³/mol. The lowest BCUT2D eigenvalue weighted by Crippen LogP contribution is -2.19. The SMILES string of the molecule is C=C(CC)C(=C(C)C)C1CC(=O)N(C)C1. The van der Waals surface area contributed by atoms with Crippen LogP contribution in [0.3, 0.4) is 0 Å². The van der Waals surface area contributed by atoms with E-state index in [0.29, 0.717) is 12.3 Å². The van der Waals surface area contributed by atoms with Crippen molar-refractivity contribution < 1.29 is 4.79 Å². The summed E-state index contributed by atoms with van der Waals surface area (Å²) in [6, 6.07) is 0. The molecule has 0 bridgehead atoms. The number of hydrogen-bond acceptors (Lipinski definition) is 1. The molecule has 0 aromatic rings. The van der Waals surface area contributed by atoms with E-state index in [1.807, 2.05) is 11.9 Å². The first kappa shape index (κ1) is 12.0. The lowest BCUT2D eigenvalue weighted by molar-refractivity contribution is -0.126. The number of allylic oxidation sites excluding steroid dienone is 2. The first-order valence-electron chi connectivity index (χ1n) is 5.56. The average molecular weight is 207 g/mol. The topological polar surface area (TPSA) is 20.3 Å². The van der Waals surface area contributed by atoms with Crippen LogP contribution >= 0.6 is 0 Å². The summed E-state index contributed by atoms with van der Waals surface area (Å²) in [7, 11) is 1.87. The highest BCUT2D eigenvalue weighted by atomic mass is 16.2. The average Bonchev–Trinajstić information content (AvgIpc) is 2.46. The number of carbonyl (C=O) groups excluding carboxylic acids is 1. The highest BCUT2D eigenvalue weighted by molar-refractivity contribution is 5.79. The van der Waals surface area contributed by atoms with Crippen molar-refractivity contribution in [2.75, 3.05) is 13.6 Å². The first-order valence-corrected chi connectivity index (χ1v) is 5.56. The third-order valence-corrected chi connectivity index (χ3v) is 3.10. The molecule has 0 aliphatic carbocycles. The van der Waals surface area contributed by atoms with Crippen LogP contribution in [-0.2, 0) is 4.79 Å². The van der Waals surface area contributed by atoms with Gasteiger partial charge in [-0.15, -0.1) is 0 Å². The molecule has 0 radical (unpaired) electrons. The molecule has 1 saturated heterocycles. The Morgan fingerprint density at radius 1 is 1.53 bits per heavy atom. The number of amides is 1. The van der Waals surface area contributed by atoms with Gasteiger partial charge in [-0.05, 0) is 25.8 Å². The van der Waals surface area contributed by atoms with E-state index < -0.39 is 0 Å². The van der Waals surface area contributed by atoms with Gasteiger partial charge in [-0.2, -0.15) is 0 Å². The summed E-state index contributed by atoms with van der Waals surface area (Å²) >= 11 is 0. The van der Waals surface area contributed by atoms with Gasteiger partial charge in [0.2, 0.25) is 5.91 Å². The molecule has 1 aliphatic heterocycles. The maximum Gasteiger partial charge on any atom is 0.223 e. The summed E-state index contributed by atoms with van der Waals surface area (Å²) in [5.41, 5.74) is 3.80. The third-order valence-electron chi connectivity index (χ3n) is 3.10. The van der Waals surface area contributed by atoms with Crippen LogP contribution in [0.4, 0.5) is 0 Å². The summed E-state index contributed by atoms with van der Waals surface area (Å²) in [6.45, 7) is 11.3. The second kappa shape index (κ2) is 4.65. The smallest absolute Gasteiger partial charge is 0.223 e. The van der Waals surface area contributed by atoms with Crippen LogP contribution in [0.1, 0.15) is 33.6 Å². The zero-order chi connectivity index (χ0) is 11.6. The lowest BCUT2D eigenvalue weighted by Gasteiger charge is -2.18. The number of nitrogens with zero attached hydrogens (tertiary/aromatic N) is 1. The van der Waals surface area contributed by atoms with Gasteiger partial charge in [0.1, 0.15) is 0 Å². The van der Waals surface area contributed by atoms with Crippen molar-refractivity contribution >= 4 is 5.91 Å². The predicted octanol–water partition coefficient (Wildman–Crippen LogP) is 2.77. The fraction of sp³-hybridized carbons (Fsp3) is 0.615. The van der Waals surface area contributed by atoms with E-state index in [2.05, 4.69) is 27.4 Å². The molecule has 1 unspecified atom stereocenters. The summed E-state index contributed by atoms with van der Waals surface area (Å²) in [5, 5.41) is 0. The number of hydrogen-bond donors (Lipinski definition) is 0. The van der Waals surface area contributed by atoms with E-state index >= 15 is 0 Å². The Morgan fingerprint density at radius 2 is 2.13 bits per heavy atom. The highest BCUT2D eigenvalue weighted by Crippen LogP contribution is 2.31. The Hall–Kier alpha value is -1.05. The molecule has 2 heteroatoms. The van der Waals surface area contributed by atoms with E-state index in [1.54, 1.807) is 0 Å². The van der Waals surface area contributed by atoms with Gasteiger partial charge in [0.15, 0.2) is 0 Å². The Kier molecular flexibility index (Phi) is 3.72. The molecular formula is C13H21NO. The third kappa shape index (κ3) is 2.49. The molecule has 15 heavy (non-hydrogen) atoms. The maximum atomic E-state index is 11.5. The quantitative estimate of drug-likeness (QED) is 0.652. The van der Waals surface area contributed by atoms with Crippen LogP contribution in [0.15, 0.2) is 23.3 Å². The fourth-order valence-electron chi connectivity index (χ4n) is 2.30. The van der Waals surface area contributed by atoms with E-state index in [0.717, 1.165) is 13.0 Å². The second-order valence-corrected chi connectivity index (χ2v) is 4.55. The molecule has 2 nitrogen and oxygen atoms in total. The summed E-state index contributed by atoms with van der Waals surface area (Å²) in [6.07, 6.45) is 1.62. The van der Waals surface area contributed by atoms with E-state index in [-0.39, 0.29) is 5.91 Å². The van der Waals surface area contributed by atoms with Gasteiger partial charge in [-0.25, -0.2) is 0 Å². The number of rotatable bonds is 3. The van der Waals surface area contributed by atoms with Crippen LogP contribution in [0.2, 0.25) is 0 Å². The first-order chi connectivity index (χ1) is 6.97. The van der Waals surface area contributed by atoms with Crippen molar-refractivity contribution in [1.29, 1.82) is 0 Å². The molecular weight excluding hydrogens is 186 g/mol. The summed E-state index contributed by atoms with van der Waals surface area (Å²) in [5.74, 6) is 0.614. The molecule has 0 spiro atoms. The van der Waals surface area contributed by atoms with Gasteiger partial charge < -0.3 is 4.90 Å². The molecule has 1 heterocycles. The molecule has 0 N–H and O–H groups in total. The van der Waals surface area contributed by atoms with Crippen molar-refractivity contribution in [1.82, 2.24) is 4.90 Å². The van der Waals surface area contributed by atoms with Crippen molar-refractivity contribution in [3.8, 4) is 0 Å². The lowest BCUT2D eigenvalue weighted by atomic mass is 9.88. The molecule has 1 fully saturated rings. The minimum atomic E-state index is 0.252. The van der Waals surface area contributed by atoms with Gasteiger partial charge in [-0.1, -0.05) is 24.6 Å². The van der Waals surface area contributed by atoms with E-state index in [9.17, 15) is 4.79 Å². The Labute approximate surface area is 92.7 Å². The van der Waals surface area contributed by atoms with Crippen molar-refractivity contribution in [2.24, 2.45) is 5.92 Å². The summed E-state index contributed by atoms with van der Waals surface area (Å²) < 4.78 is 0. The number of carbonyl (C=O) groups is 1. The normalized spacial score (nSPS) is 20.7. The van der Waals surface area contributed by atoms with Gasteiger partial charge >= 0.3 is 0 Å². The monoisotopic (exact) mass is 207 g/mol. The number of likely N-dealkylation sites (tertiary alicyclic amines) is 1. The summed E-state index contributed by atoms with van der Waals surface area (Å²) in [4.78, 5) is 13.3. The molecule has 84 valence electrons. The standard InChI is InChI=1S/C13H21NO/c1-6-10(4)13(9(2)3)11-7-12(15)14(5)8-11/h11H,4,6-8H2,1-3,5H3. The maximum absolute atomic E-state index is 11.5. The van der Waals surface area contributed by atoms with Gasteiger partial charge in [0, 0.05) is 25.9 Å². The van der Waals surface area contributed by atoms with Gasteiger partial charge in [-0.3, -0.25) is 4.79 Å². The Bertz CT molecular complexity index is 310. The zero-order valence-corrected chi connectivity index (χ0v) is 10.3. The van der Waals surface area contributed by atoms with E-state index in [1.165, 1.54) is 16.7 Å². The van der Waals surface area contributed by atoms with Gasteiger partial charge in [0.25, 0.3) is 0 Å². The fourth-order valence-corrected chi connectivity index (χ4v) is 2.30. The Morgan fingerprint density at radius 3 is 2.47 bits per heavy atom. The molecule has 1 amide bonds. The van der Waals surface area contributed by atoms with Crippen molar-refractivity contribution in [2.45, 2.75) is 33.6 Å². The van der Waals surface area contributed by atoms with Crippen LogP contribution < -0.4 is 0 Å². The minimum absolute atomic E-state index is 0.252. The van der Waals surface area contributed by atoms with Crippen molar-refractivity contribution in [3.05, 3.63) is 23.3 Å². The van der Waals surface area contributed by atoms with Crippen LogP contribution in [0, 0.1) is 5.92 Å². The second-order valence-electron chi connectivity index (χ2n) is 4.55. The molecule has 0 aromatic heterocycles. The Balaban J connectivity index is 2.90. The minimum Gasteiger partial charge on any atom is -0.345 e. The molecule has 0 aromatic carbocycles. The van der Waals surface area contributed by atoms with Crippen LogP contribution in [0.5, 0.6) is 0 Å². The van der Waals surface area contributed by atoms with E-state index in [4.69, 9.17) is 0 Å². The van der Waals surface area contributed by atoms with Gasteiger partial charge in [0.05, 0.1) is 0 Å². The van der Waals surface area contributed by atoms with Crippen LogP contribution in [-0.4, -0.2) is 24.4 Å². The highest BCUT2D eigenvalue weighted by Gasteiger charge is 2.30. The largest absolute Gasteiger partial charge is 0.345 e. The molecule has 1 aliphatic rings. The van der Waals surface area contributed by atoms with Crippen LogP contribution in [0.25, 0.3) is 0 Å². The molecule has 0 saturated carbocycles.